The molecule has 0 atom stereocenters. The Morgan fingerprint density at radius 2 is 2.31 bits per heavy atom. The van der Waals surface area contributed by atoms with Crippen LogP contribution in [0, 0.1) is 0 Å². The Balaban J connectivity index is 2.49. The van der Waals surface area contributed by atoms with Gasteiger partial charge >= 0.3 is 0 Å². The minimum absolute atomic E-state index is 0.265. The second kappa shape index (κ2) is 3.38. The summed E-state index contributed by atoms with van der Waals surface area (Å²) in [5.41, 5.74) is 1.78. The number of phenolic OH excluding ortho intramolecular Hbond substituents is 1. The average molecular weight is 241 g/mol. The average Bonchev–Trinajstić information content (AvgIpc) is 2.46. The monoisotopic (exact) mass is 240 g/mol. The van der Waals surface area contributed by atoms with E-state index in [-0.39, 0.29) is 5.75 Å². The molecular weight excluding hydrogens is 232 g/mol. The number of hydrogen-bond donors (Lipinski definition) is 2. The Kier molecular flexibility index (Phi) is 2.22. The van der Waals surface area contributed by atoms with Gasteiger partial charge in [0.25, 0.3) is 0 Å². The van der Waals surface area contributed by atoms with Gasteiger partial charge in [0.15, 0.2) is 0 Å². The molecule has 1 aromatic heterocycles. The van der Waals surface area contributed by atoms with Gasteiger partial charge in [-0.15, -0.1) is 0 Å². The van der Waals surface area contributed by atoms with Gasteiger partial charge in [0.2, 0.25) is 0 Å². The predicted octanol–water partition coefficient (Wildman–Crippen LogP) is 2.21. The molecule has 68 valence electrons. The Bertz CT molecular complexity index is 424. The van der Waals surface area contributed by atoms with E-state index in [9.17, 15) is 5.11 Å². The molecule has 0 spiro atoms. The van der Waals surface area contributed by atoms with Gasteiger partial charge in [-0.3, -0.25) is 0 Å². The number of benzene rings is 1. The highest BCUT2D eigenvalue weighted by Gasteiger charge is 2.01. The van der Waals surface area contributed by atoms with Crippen LogP contribution in [0.5, 0.6) is 5.75 Å². The third-order valence-corrected chi connectivity index (χ3v) is 2.24. The summed E-state index contributed by atoms with van der Waals surface area (Å²) in [6.45, 7) is 0. The maximum absolute atomic E-state index is 9.21. The number of aromatic amines is 1. The van der Waals surface area contributed by atoms with Crippen molar-refractivity contribution in [2.45, 2.75) is 6.42 Å². The van der Waals surface area contributed by atoms with Crippen molar-refractivity contribution in [1.29, 1.82) is 0 Å². The smallest absolute Gasteiger partial charge is 0.117 e. The van der Waals surface area contributed by atoms with Crippen LogP contribution in [0.3, 0.4) is 0 Å². The summed E-state index contributed by atoms with van der Waals surface area (Å²) in [5.74, 6) is 1.21. The van der Waals surface area contributed by atoms with Crippen molar-refractivity contribution < 1.29 is 5.11 Å². The summed E-state index contributed by atoms with van der Waals surface area (Å²) < 4.78 is 0. The predicted molar refractivity (Wildman–Crippen MR) is 55.3 cm³/mol. The van der Waals surface area contributed by atoms with Crippen LogP contribution in [-0.4, -0.2) is 20.4 Å². The lowest BCUT2D eigenvalue weighted by Crippen LogP contribution is -1.86. The fourth-order valence-corrected chi connectivity index (χ4v) is 1.63. The molecule has 0 saturated heterocycles. The number of nitrogens with one attached hydrogen (secondary N) is 1. The number of aromatic nitrogens is 2. The molecule has 0 radical (unpaired) electrons. The SMILES string of the molecule is Oc1ccc2nc(CCBr)[nH]c2c1. The minimum Gasteiger partial charge on any atom is -0.508 e. The number of nitrogens with zero attached hydrogens (tertiary/aromatic N) is 1. The number of H-pyrrole nitrogens is 1. The molecule has 1 aromatic carbocycles. The zero-order valence-electron chi connectivity index (χ0n) is 6.92. The van der Waals surface area contributed by atoms with Gasteiger partial charge < -0.3 is 10.1 Å². The summed E-state index contributed by atoms with van der Waals surface area (Å²) in [7, 11) is 0. The summed E-state index contributed by atoms with van der Waals surface area (Å²) in [5, 5.41) is 10.1. The second-order valence-corrected chi connectivity index (χ2v) is 3.62. The van der Waals surface area contributed by atoms with Crippen LogP contribution in [0.2, 0.25) is 0 Å². The van der Waals surface area contributed by atoms with Gasteiger partial charge in [-0.1, -0.05) is 15.9 Å². The highest BCUT2D eigenvalue weighted by atomic mass is 79.9. The van der Waals surface area contributed by atoms with E-state index in [1.807, 2.05) is 0 Å². The van der Waals surface area contributed by atoms with Crippen molar-refractivity contribution >= 4 is 27.0 Å². The molecule has 0 saturated carbocycles. The van der Waals surface area contributed by atoms with Crippen molar-refractivity contribution in [2.75, 3.05) is 5.33 Å². The summed E-state index contributed by atoms with van der Waals surface area (Å²) in [6, 6.07) is 5.13. The summed E-state index contributed by atoms with van der Waals surface area (Å²) in [4.78, 5) is 7.48. The topological polar surface area (TPSA) is 48.9 Å². The van der Waals surface area contributed by atoms with E-state index in [0.717, 1.165) is 28.6 Å². The lowest BCUT2D eigenvalue weighted by molar-refractivity contribution is 0.476. The van der Waals surface area contributed by atoms with E-state index < -0.39 is 0 Å². The molecule has 0 fully saturated rings. The second-order valence-electron chi connectivity index (χ2n) is 2.82. The van der Waals surface area contributed by atoms with Crippen LogP contribution in [-0.2, 0) is 6.42 Å². The molecule has 0 aliphatic rings. The number of halogens is 1. The molecule has 0 bridgehead atoms. The van der Waals surface area contributed by atoms with Crippen molar-refractivity contribution in [1.82, 2.24) is 9.97 Å². The molecule has 0 unspecified atom stereocenters. The Morgan fingerprint density at radius 3 is 3.08 bits per heavy atom. The van der Waals surface area contributed by atoms with E-state index in [1.54, 1.807) is 18.2 Å². The fraction of sp³-hybridized carbons (Fsp3) is 0.222. The third-order valence-electron chi connectivity index (χ3n) is 1.85. The van der Waals surface area contributed by atoms with Crippen LogP contribution < -0.4 is 0 Å². The molecule has 0 amide bonds. The van der Waals surface area contributed by atoms with E-state index in [4.69, 9.17) is 0 Å². The molecule has 2 N–H and O–H groups in total. The largest absolute Gasteiger partial charge is 0.508 e. The maximum atomic E-state index is 9.21. The highest BCUT2D eigenvalue weighted by molar-refractivity contribution is 9.09. The first-order chi connectivity index (χ1) is 6.29. The van der Waals surface area contributed by atoms with Crippen molar-refractivity contribution in [3.8, 4) is 5.75 Å². The first-order valence-electron chi connectivity index (χ1n) is 4.03. The first kappa shape index (κ1) is 8.56. The molecule has 0 aliphatic carbocycles. The number of phenols is 1. The molecular formula is C9H9BrN2O. The highest BCUT2D eigenvalue weighted by Crippen LogP contribution is 2.17. The Hall–Kier alpha value is -1.03. The van der Waals surface area contributed by atoms with Crippen LogP contribution in [0.4, 0.5) is 0 Å². The third kappa shape index (κ3) is 1.67. The van der Waals surface area contributed by atoms with Crippen LogP contribution >= 0.6 is 15.9 Å². The van der Waals surface area contributed by atoms with Crippen LogP contribution in [0.15, 0.2) is 18.2 Å². The van der Waals surface area contributed by atoms with E-state index >= 15 is 0 Å². The lowest BCUT2D eigenvalue weighted by Gasteiger charge is -1.88. The van der Waals surface area contributed by atoms with E-state index in [0.29, 0.717) is 0 Å². The Labute approximate surface area is 83.9 Å². The zero-order chi connectivity index (χ0) is 9.26. The van der Waals surface area contributed by atoms with Gasteiger partial charge in [0.05, 0.1) is 11.0 Å². The van der Waals surface area contributed by atoms with Gasteiger partial charge in [0.1, 0.15) is 11.6 Å². The van der Waals surface area contributed by atoms with E-state index in [2.05, 4.69) is 25.9 Å². The minimum atomic E-state index is 0.265. The first-order valence-corrected chi connectivity index (χ1v) is 5.15. The van der Waals surface area contributed by atoms with Gasteiger partial charge in [-0.05, 0) is 12.1 Å². The number of alkyl halides is 1. The van der Waals surface area contributed by atoms with Crippen molar-refractivity contribution in [3.63, 3.8) is 0 Å². The van der Waals surface area contributed by atoms with Crippen LogP contribution in [0.25, 0.3) is 11.0 Å². The lowest BCUT2D eigenvalue weighted by atomic mass is 10.3. The summed E-state index contributed by atoms with van der Waals surface area (Å²) >= 11 is 3.35. The van der Waals surface area contributed by atoms with Gasteiger partial charge in [0, 0.05) is 17.8 Å². The number of imidazole rings is 1. The quantitative estimate of drug-likeness (QED) is 0.792. The molecule has 1 heterocycles. The molecule has 3 nitrogen and oxygen atoms in total. The zero-order valence-corrected chi connectivity index (χ0v) is 8.50. The standard InChI is InChI=1S/C9H9BrN2O/c10-4-3-9-11-7-2-1-6(13)5-8(7)12-9/h1-2,5,13H,3-4H2,(H,11,12). The number of aryl methyl sites for hydroxylation is 1. The number of rotatable bonds is 2. The van der Waals surface area contributed by atoms with E-state index in [1.165, 1.54) is 0 Å². The molecule has 0 aliphatic heterocycles. The van der Waals surface area contributed by atoms with Crippen molar-refractivity contribution in [3.05, 3.63) is 24.0 Å². The molecule has 13 heavy (non-hydrogen) atoms. The molecule has 2 aromatic rings. The number of aromatic hydroxyl groups is 1. The molecule has 4 heteroatoms. The summed E-state index contributed by atoms with van der Waals surface area (Å²) in [6.07, 6.45) is 0.870. The number of hydrogen-bond acceptors (Lipinski definition) is 2. The molecule has 2 rings (SSSR count). The van der Waals surface area contributed by atoms with Crippen molar-refractivity contribution in [2.24, 2.45) is 0 Å². The normalized spacial score (nSPS) is 10.8. The fourth-order valence-electron chi connectivity index (χ4n) is 1.26. The number of fused-ring (bicyclic) bond motifs is 1. The maximum Gasteiger partial charge on any atom is 0.117 e. The van der Waals surface area contributed by atoms with Crippen LogP contribution in [0.1, 0.15) is 5.82 Å². The van der Waals surface area contributed by atoms with Gasteiger partial charge in [-0.2, -0.15) is 0 Å². The Morgan fingerprint density at radius 1 is 1.46 bits per heavy atom. The van der Waals surface area contributed by atoms with Gasteiger partial charge in [-0.25, -0.2) is 4.98 Å².